The molecule has 0 aliphatic heterocycles. The van der Waals surface area contributed by atoms with Crippen molar-refractivity contribution in [1.82, 2.24) is 4.90 Å². The lowest BCUT2D eigenvalue weighted by molar-refractivity contribution is -0.126. The summed E-state index contributed by atoms with van der Waals surface area (Å²) in [6, 6.07) is 6.63. The van der Waals surface area contributed by atoms with E-state index in [0.29, 0.717) is 0 Å². The minimum absolute atomic E-state index is 0.194. The zero-order chi connectivity index (χ0) is 14.7. The number of nitrogens with zero attached hydrogens (tertiary/aromatic N) is 1. The van der Waals surface area contributed by atoms with E-state index in [2.05, 4.69) is 25.1 Å². The highest BCUT2D eigenvalue weighted by molar-refractivity contribution is 6.01. The number of fused-ring (bicyclic) bond motifs is 1. The summed E-state index contributed by atoms with van der Waals surface area (Å²) in [5, 5.41) is 0. The number of hydrogen-bond donors (Lipinski definition) is 0. The minimum atomic E-state index is 0.194. The van der Waals surface area contributed by atoms with Crippen LogP contribution in [0.15, 0.2) is 23.8 Å². The molecule has 0 bridgehead atoms. The molecule has 0 heterocycles. The van der Waals surface area contributed by atoms with Gasteiger partial charge in [0.1, 0.15) is 0 Å². The van der Waals surface area contributed by atoms with Crippen molar-refractivity contribution >= 4 is 11.5 Å². The summed E-state index contributed by atoms with van der Waals surface area (Å²) in [6.45, 7) is 9.75. The van der Waals surface area contributed by atoms with Crippen LogP contribution in [0, 0.1) is 6.92 Å². The van der Waals surface area contributed by atoms with Crippen molar-refractivity contribution in [1.29, 1.82) is 0 Å². The number of rotatable bonds is 3. The molecule has 2 heteroatoms. The van der Waals surface area contributed by atoms with Gasteiger partial charge in [-0.2, -0.15) is 0 Å². The fourth-order valence-corrected chi connectivity index (χ4v) is 3.05. The second-order valence-electron chi connectivity index (χ2n) is 5.60. The highest BCUT2D eigenvalue weighted by Crippen LogP contribution is 2.34. The molecule has 1 aliphatic rings. The lowest BCUT2D eigenvalue weighted by atomic mass is 9.84. The number of hydrogen-bond acceptors (Lipinski definition) is 1. The zero-order valence-corrected chi connectivity index (χ0v) is 13.1. The third kappa shape index (κ3) is 2.79. The summed E-state index contributed by atoms with van der Waals surface area (Å²) < 4.78 is 0. The molecule has 20 heavy (non-hydrogen) atoms. The van der Waals surface area contributed by atoms with E-state index >= 15 is 0 Å². The number of likely N-dealkylation sites (N-methyl/N-ethyl adjacent to an activating group) is 1. The van der Waals surface area contributed by atoms with Crippen LogP contribution in [0.5, 0.6) is 0 Å². The van der Waals surface area contributed by atoms with Gasteiger partial charge in [-0.05, 0) is 63.7 Å². The number of amides is 1. The van der Waals surface area contributed by atoms with Crippen LogP contribution in [-0.2, 0) is 11.2 Å². The van der Waals surface area contributed by atoms with Crippen LogP contribution < -0.4 is 0 Å². The van der Waals surface area contributed by atoms with Gasteiger partial charge in [-0.1, -0.05) is 23.8 Å². The van der Waals surface area contributed by atoms with Gasteiger partial charge < -0.3 is 4.90 Å². The Balaban J connectivity index is 2.45. The monoisotopic (exact) mass is 271 g/mol. The lowest BCUT2D eigenvalue weighted by Gasteiger charge is -2.25. The van der Waals surface area contributed by atoms with Gasteiger partial charge in [0.2, 0.25) is 5.91 Å². The number of allylic oxidation sites excluding steroid dienone is 1. The topological polar surface area (TPSA) is 20.3 Å². The molecule has 1 aromatic carbocycles. The van der Waals surface area contributed by atoms with Crippen LogP contribution in [0.4, 0.5) is 0 Å². The summed E-state index contributed by atoms with van der Waals surface area (Å²) in [5.74, 6) is 0.194. The Morgan fingerprint density at radius 3 is 2.55 bits per heavy atom. The number of benzene rings is 1. The highest BCUT2D eigenvalue weighted by Gasteiger charge is 2.21. The lowest BCUT2D eigenvalue weighted by Crippen LogP contribution is -2.31. The van der Waals surface area contributed by atoms with Crippen molar-refractivity contribution in [3.63, 3.8) is 0 Å². The van der Waals surface area contributed by atoms with Crippen molar-refractivity contribution in [2.24, 2.45) is 0 Å². The molecule has 0 unspecified atom stereocenters. The normalized spacial score (nSPS) is 16.6. The Hall–Kier alpha value is -1.57. The van der Waals surface area contributed by atoms with Crippen LogP contribution in [0.1, 0.15) is 50.3 Å². The fourth-order valence-electron chi connectivity index (χ4n) is 3.05. The van der Waals surface area contributed by atoms with Gasteiger partial charge in [0.05, 0.1) is 0 Å². The average molecular weight is 271 g/mol. The quantitative estimate of drug-likeness (QED) is 0.762. The third-order valence-electron chi connectivity index (χ3n) is 4.29. The molecule has 1 aromatic rings. The van der Waals surface area contributed by atoms with E-state index in [1.54, 1.807) is 0 Å². The van der Waals surface area contributed by atoms with E-state index in [9.17, 15) is 4.79 Å². The molecule has 0 atom stereocenters. The number of aryl methyl sites for hydroxylation is 2. The van der Waals surface area contributed by atoms with Crippen LogP contribution in [0.25, 0.3) is 5.57 Å². The van der Waals surface area contributed by atoms with Gasteiger partial charge >= 0.3 is 0 Å². The van der Waals surface area contributed by atoms with Crippen LogP contribution >= 0.6 is 0 Å². The summed E-state index contributed by atoms with van der Waals surface area (Å²) in [7, 11) is 0. The summed E-state index contributed by atoms with van der Waals surface area (Å²) >= 11 is 0. The van der Waals surface area contributed by atoms with E-state index in [-0.39, 0.29) is 5.91 Å². The maximum atomic E-state index is 12.6. The maximum absolute atomic E-state index is 12.6. The first-order chi connectivity index (χ1) is 9.58. The van der Waals surface area contributed by atoms with Gasteiger partial charge in [-0.25, -0.2) is 0 Å². The Bertz CT molecular complexity index is 538. The van der Waals surface area contributed by atoms with Crippen molar-refractivity contribution in [3.05, 3.63) is 40.5 Å². The SMILES string of the molecule is CCN(CC)C(=O)/C(C)=C1\CCCc2ccc(C)cc21. The molecular formula is C18H25NO. The summed E-state index contributed by atoms with van der Waals surface area (Å²) in [6.07, 6.45) is 3.30. The molecule has 0 aromatic heterocycles. The molecule has 2 rings (SSSR count). The average Bonchev–Trinajstić information content (AvgIpc) is 2.47. The van der Waals surface area contributed by atoms with Gasteiger partial charge in [0, 0.05) is 18.7 Å². The van der Waals surface area contributed by atoms with Crippen LogP contribution in [0.3, 0.4) is 0 Å². The Morgan fingerprint density at radius 1 is 1.20 bits per heavy atom. The van der Waals surface area contributed by atoms with Gasteiger partial charge in [0.15, 0.2) is 0 Å². The molecular weight excluding hydrogens is 246 g/mol. The smallest absolute Gasteiger partial charge is 0.249 e. The predicted octanol–water partition coefficient (Wildman–Crippen LogP) is 3.97. The van der Waals surface area contributed by atoms with Crippen LogP contribution in [0.2, 0.25) is 0 Å². The Morgan fingerprint density at radius 2 is 1.90 bits per heavy atom. The van der Waals surface area contributed by atoms with Gasteiger partial charge in [0.25, 0.3) is 0 Å². The third-order valence-corrected chi connectivity index (χ3v) is 4.29. The Labute approximate surface area is 122 Å². The minimum Gasteiger partial charge on any atom is -0.339 e. The van der Waals surface area contributed by atoms with E-state index in [1.807, 2.05) is 25.7 Å². The summed E-state index contributed by atoms with van der Waals surface area (Å²) in [4.78, 5) is 14.5. The molecule has 1 amide bonds. The molecule has 0 N–H and O–H groups in total. The molecule has 108 valence electrons. The largest absolute Gasteiger partial charge is 0.339 e. The second-order valence-corrected chi connectivity index (χ2v) is 5.60. The first kappa shape index (κ1) is 14.8. The van der Waals surface area contributed by atoms with E-state index in [1.165, 1.54) is 22.3 Å². The van der Waals surface area contributed by atoms with Gasteiger partial charge in [-0.3, -0.25) is 4.79 Å². The predicted molar refractivity (Wildman–Crippen MR) is 84.6 cm³/mol. The van der Waals surface area contributed by atoms with Crippen molar-refractivity contribution in [2.75, 3.05) is 13.1 Å². The molecule has 0 spiro atoms. The van der Waals surface area contributed by atoms with Crippen molar-refractivity contribution in [3.8, 4) is 0 Å². The highest BCUT2D eigenvalue weighted by atomic mass is 16.2. The van der Waals surface area contributed by atoms with Crippen molar-refractivity contribution < 1.29 is 4.79 Å². The maximum Gasteiger partial charge on any atom is 0.249 e. The van der Waals surface area contributed by atoms with Gasteiger partial charge in [-0.15, -0.1) is 0 Å². The molecule has 1 aliphatic carbocycles. The zero-order valence-electron chi connectivity index (χ0n) is 13.1. The number of carbonyl (C=O) groups excluding carboxylic acids is 1. The van der Waals surface area contributed by atoms with Crippen molar-refractivity contribution in [2.45, 2.75) is 47.0 Å². The summed E-state index contributed by atoms with van der Waals surface area (Å²) in [5.41, 5.74) is 6.15. The number of carbonyl (C=O) groups is 1. The Kier molecular flexibility index (Phi) is 4.64. The molecule has 0 saturated heterocycles. The van der Waals surface area contributed by atoms with E-state index in [0.717, 1.165) is 37.9 Å². The second kappa shape index (κ2) is 6.25. The van der Waals surface area contributed by atoms with E-state index < -0.39 is 0 Å². The molecule has 0 radical (unpaired) electrons. The molecule has 2 nitrogen and oxygen atoms in total. The molecule has 0 saturated carbocycles. The standard InChI is InChI=1S/C18H25NO/c1-5-19(6-2)18(20)14(4)16-9-7-8-15-11-10-13(3)12-17(15)16/h10-12H,5-9H2,1-4H3/b16-14+. The first-order valence-corrected chi connectivity index (χ1v) is 7.67. The van der Waals surface area contributed by atoms with Crippen LogP contribution in [-0.4, -0.2) is 23.9 Å². The molecule has 0 fully saturated rings. The fraction of sp³-hybridized carbons (Fsp3) is 0.500. The first-order valence-electron chi connectivity index (χ1n) is 7.67. The van der Waals surface area contributed by atoms with E-state index in [4.69, 9.17) is 0 Å².